The molecule has 0 aromatic carbocycles. The van der Waals surface area contributed by atoms with Gasteiger partial charge in [0.25, 0.3) is 0 Å². The van der Waals surface area contributed by atoms with Crippen LogP contribution in [-0.2, 0) is 16.0 Å². The topological polar surface area (TPSA) is 62.7 Å². The summed E-state index contributed by atoms with van der Waals surface area (Å²) in [6.07, 6.45) is 7.68. The first-order valence-electron chi connectivity index (χ1n) is 10.3. The Morgan fingerprint density at radius 1 is 1.18 bits per heavy atom. The van der Waals surface area contributed by atoms with Gasteiger partial charge in [-0.2, -0.15) is 0 Å². The number of carbonyl (C=O) groups excluding carboxylic acids is 2. The number of nitrogens with zero attached hydrogens (tertiary/aromatic N) is 3. The van der Waals surface area contributed by atoms with Crippen molar-refractivity contribution in [3.63, 3.8) is 0 Å². The third kappa shape index (κ3) is 5.46. The van der Waals surface area contributed by atoms with Crippen LogP contribution in [0.15, 0.2) is 24.5 Å². The Bertz CT molecular complexity index is 676. The molecule has 0 saturated carbocycles. The molecule has 6 heteroatoms. The fourth-order valence-electron chi connectivity index (χ4n) is 4.06. The molecule has 0 atom stereocenters. The molecule has 6 nitrogen and oxygen atoms in total. The highest BCUT2D eigenvalue weighted by atomic mass is 16.6. The molecule has 1 aromatic heterocycles. The standard InChI is InChI=1S/C22H33N3O3/c1-21(2,3)17-28-20(27)24-14-9-22(10-15-24)8-4-19(26)25(16-22)13-7-18-5-11-23-12-6-18/h5-6,11-12H,4,7-10,13-17H2,1-3H3. The predicted octanol–water partition coefficient (Wildman–Crippen LogP) is 3.51. The molecule has 2 aliphatic rings. The normalized spacial score (nSPS) is 19.8. The first-order valence-corrected chi connectivity index (χ1v) is 10.3. The second-order valence-corrected chi connectivity index (χ2v) is 9.52. The third-order valence-corrected chi connectivity index (χ3v) is 5.88. The van der Waals surface area contributed by atoms with E-state index in [1.807, 2.05) is 21.9 Å². The van der Waals surface area contributed by atoms with E-state index in [0.717, 1.165) is 51.9 Å². The molecule has 0 bridgehead atoms. The zero-order valence-corrected chi connectivity index (χ0v) is 17.4. The third-order valence-electron chi connectivity index (χ3n) is 5.88. The molecule has 28 heavy (non-hydrogen) atoms. The van der Waals surface area contributed by atoms with Crippen LogP contribution in [0.2, 0.25) is 0 Å². The van der Waals surface area contributed by atoms with Gasteiger partial charge in [0.1, 0.15) is 0 Å². The van der Waals surface area contributed by atoms with Crippen LogP contribution in [0.4, 0.5) is 4.79 Å². The van der Waals surface area contributed by atoms with Gasteiger partial charge in [0, 0.05) is 45.0 Å². The molecule has 0 radical (unpaired) electrons. The zero-order chi connectivity index (χ0) is 20.2. The number of rotatable bonds is 4. The molecule has 3 rings (SSSR count). The molecule has 0 unspecified atom stereocenters. The van der Waals surface area contributed by atoms with E-state index in [0.29, 0.717) is 13.0 Å². The van der Waals surface area contributed by atoms with Crippen molar-refractivity contribution in [2.24, 2.45) is 10.8 Å². The van der Waals surface area contributed by atoms with Crippen molar-refractivity contribution < 1.29 is 14.3 Å². The first-order chi connectivity index (χ1) is 13.3. The Hall–Kier alpha value is -2.11. The highest BCUT2D eigenvalue weighted by Crippen LogP contribution is 2.40. The Morgan fingerprint density at radius 2 is 1.86 bits per heavy atom. The summed E-state index contributed by atoms with van der Waals surface area (Å²) in [4.78, 5) is 32.6. The van der Waals surface area contributed by atoms with E-state index in [-0.39, 0.29) is 22.8 Å². The van der Waals surface area contributed by atoms with Crippen LogP contribution >= 0.6 is 0 Å². The van der Waals surface area contributed by atoms with Gasteiger partial charge in [-0.05, 0) is 54.2 Å². The molecule has 1 spiro atoms. The van der Waals surface area contributed by atoms with Crippen LogP contribution in [0.3, 0.4) is 0 Å². The fourth-order valence-corrected chi connectivity index (χ4v) is 4.06. The second-order valence-electron chi connectivity index (χ2n) is 9.52. The minimum Gasteiger partial charge on any atom is -0.449 e. The highest BCUT2D eigenvalue weighted by Gasteiger charge is 2.41. The highest BCUT2D eigenvalue weighted by molar-refractivity contribution is 5.77. The van der Waals surface area contributed by atoms with Gasteiger partial charge in [-0.25, -0.2) is 4.79 Å². The van der Waals surface area contributed by atoms with Crippen LogP contribution in [-0.4, -0.2) is 59.6 Å². The summed E-state index contributed by atoms with van der Waals surface area (Å²) in [5.74, 6) is 0.256. The minimum absolute atomic E-state index is 0.0221. The number of pyridine rings is 1. The summed E-state index contributed by atoms with van der Waals surface area (Å²) in [5, 5.41) is 0. The molecule has 154 valence electrons. The molecular formula is C22H33N3O3. The number of aromatic nitrogens is 1. The van der Waals surface area contributed by atoms with Gasteiger partial charge in [0.2, 0.25) is 5.91 Å². The Morgan fingerprint density at radius 3 is 2.50 bits per heavy atom. The van der Waals surface area contributed by atoms with Gasteiger partial charge < -0.3 is 14.5 Å². The minimum atomic E-state index is -0.203. The van der Waals surface area contributed by atoms with E-state index < -0.39 is 0 Å². The number of likely N-dealkylation sites (tertiary alicyclic amines) is 2. The summed E-state index contributed by atoms with van der Waals surface area (Å²) < 4.78 is 5.46. The number of ether oxygens (including phenoxy) is 1. The van der Waals surface area contributed by atoms with Crippen LogP contribution in [0.5, 0.6) is 0 Å². The lowest BCUT2D eigenvalue weighted by molar-refractivity contribution is -0.139. The lowest BCUT2D eigenvalue weighted by Gasteiger charge is -2.47. The van der Waals surface area contributed by atoms with Gasteiger partial charge >= 0.3 is 6.09 Å². The largest absolute Gasteiger partial charge is 0.449 e. The molecular weight excluding hydrogens is 354 g/mol. The van der Waals surface area contributed by atoms with Crippen molar-refractivity contribution in [3.05, 3.63) is 30.1 Å². The van der Waals surface area contributed by atoms with E-state index in [4.69, 9.17) is 4.74 Å². The lowest BCUT2D eigenvalue weighted by Crippen LogP contribution is -2.52. The maximum absolute atomic E-state index is 12.4. The molecule has 2 fully saturated rings. The van der Waals surface area contributed by atoms with Gasteiger partial charge in [0.05, 0.1) is 6.61 Å². The molecule has 0 aliphatic carbocycles. The monoisotopic (exact) mass is 387 g/mol. The molecule has 1 aromatic rings. The Kier molecular flexibility index (Phi) is 6.26. The van der Waals surface area contributed by atoms with Crippen LogP contribution in [0.25, 0.3) is 0 Å². The number of amides is 2. The van der Waals surface area contributed by atoms with Gasteiger partial charge in [-0.15, -0.1) is 0 Å². The van der Waals surface area contributed by atoms with E-state index in [2.05, 4.69) is 25.8 Å². The number of carbonyl (C=O) groups is 2. The van der Waals surface area contributed by atoms with Gasteiger partial charge in [-0.3, -0.25) is 9.78 Å². The number of hydrogen-bond acceptors (Lipinski definition) is 4. The summed E-state index contributed by atoms with van der Waals surface area (Å²) in [6.45, 7) is 9.61. The quantitative estimate of drug-likeness (QED) is 0.793. The number of piperidine rings is 2. The van der Waals surface area contributed by atoms with Crippen molar-refractivity contribution in [1.82, 2.24) is 14.8 Å². The van der Waals surface area contributed by atoms with E-state index in [1.165, 1.54) is 5.56 Å². The molecule has 2 aliphatic heterocycles. The number of hydrogen-bond donors (Lipinski definition) is 0. The van der Waals surface area contributed by atoms with Gasteiger partial charge in [0.15, 0.2) is 0 Å². The van der Waals surface area contributed by atoms with Crippen molar-refractivity contribution in [1.29, 1.82) is 0 Å². The van der Waals surface area contributed by atoms with Crippen LogP contribution < -0.4 is 0 Å². The average molecular weight is 388 g/mol. The van der Waals surface area contributed by atoms with Crippen molar-refractivity contribution >= 4 is 12.0 Å². The molecule has 3 heterocycles. The molecule has 2 saturated heterocycles. The maximum Gasteiger partial charge on any atom is 0.409 e. The summed E-state index contributed by atoms with van der Waals surface area (Å²) in [5.41, 5.74) is 1.33. The second kappa shape index (κ2) is 8.50. The SMILES string of the molecule is CC(C)(C)COC(=O)N1CCC2(CCC(=O)N(CCc3ccncc3)C2)CC1. The van der Waals surface area contributed by atoms with Gasteiger partial charge in [-0.1, -0.05) is 20.8 Å². The lowest BCUT2D eigenvalue weighted by atomic mass is 9.72. The Labute approximate surface area is 168 Å². The first kappa shape index (κ1) is 20.6. The van der Waals surface area contributed by atoms with E-state index in [1.54, 1.807) is 12.4 Å². The smallest absolute Gasteiger partial charge is 0.409 e. The predicted molar refractivity (Wildman–Crippen MR) is 108 cm³/mol. The van der Waals surface area contributed by atoms with Crippen molar-refractivity contribution in [3.8, 4) is 0 Å². The summed E-state index contributed by atoms with van der Waals surface area (Å²) in [6, 6.07) is 4.01. The average Bonchev–Trinajstić information content (AvgIpc) is 2.68. The van der Waals surface area contributed by atoms with Crippen molar-refractivity contribution in [2.45, 2.75) is 52.9 Å². The van der Waals surface area contributed by atoms with E-state index in [9.17, 15) is 9.59 Å². The Balaban J connectivity index is 1.51. The summed E-state index contributed by atoms with van der Waals surface area (Å²) in [7, 11) is 0. The van der Waals surface area contributed by atoms with Crippen LogP contribution in [0.1, 0.15) is 52.0 Å². The van der Waals surface area contributed by atoms with Crippen molar-refractivity contribution in [2.75, 3.05) is 32.8 Å². The molecule has 0 N–H and O–H groups in total. The molecule has 2 amide bonds. The maximum atomic E-state index is 12.4. The zero-order valence-electron chi connectivity index (χ0n) is 17.4. The fraction of sp³-hybridized carbons (Fsp3) is 0.682. The van der Waals surface area contributed by atoms with Crippen LogP contribution in [0, 0.1) is 10.8 Å². The van der Waals surface area contributed by atoms with E-state index >= 15 is 0 Å². The summed E-state index contributed by atoms with van der Waals surface area (Å²) >= 11 is 0.